The Morgan fingerprint density at radius 3 is 2.84 bits per heavy atom. The molecule has 31 heavy (non-hydrogen) atoms. The number of nitrogens with zero attached hydrogens (tertiary/aromatic N) is 3. The Balaban J connectivity index is 1.37. The van der Waals surface area contributed by atoms with Crippen LogP contribution in [-0.4, -0.2) is 52.1 Å². The van der Waals surface area contributed by atoms with Gasteiger partial charge >= 0.3 is 0 Å². The van der Waals surface area contributed by atoms with Crippen LogP contribution < -0.4 is 10.1 Å². The summed E-state index contributed by atoms with van der Waals surface area (Å²) in [4.78, 5) is 31.7. The van der Waals surface area contributed by atoms with Gasteiger partial charge in [0, 0.05) is 31.4 Å². The number of aromatic amines is 1. The molecular formula is C23H25N5O3. The second-order valence-corrected chi connectivity index (χ2v) is 7.50. The summed E-state index contributed by atoms with van der Waals surface area (Å²) in [6.45, 7) is 1.39. The van der Waals surface area contributed by atoms with Crippen LogP contribution in [0.1, 0.15) is 28.9 Å². The largest absolute Gasteiger partial charge is 0.496 e. The summed E-state index contributed by atoms with van der Waals surface area (Å²) >= 11 is 0. The van der Waals surface area contributed by atoms with Crippen molar-refractivity contribution >= 4 is 11.8 Å². The van der Waals surface area contributed by atoms with Crippen molar-refractivity contribution in [1.82, 2.24) is 25.4 Å². The van der Waals surface area contributed by atoms with Crippen molar-refractivity contribution in [2.24, 2.45) is 5.92 Å². The number of likely N-dealkylation sites (tertiary alicyclic amines) is 1. The van der Waals surface area contributed by atoms with Crippen molar-refractivity contribution in [3.63, 3.8) is 0 Å². The molecule has 0 aliphatic carbocycles. The van der Waals surface area contributed by atoms with Crippen LogP contribution in [0.25, 0.3) is 11.4 Å². The molecule has 1 aliphatic heterocycles. The van der Waals surface area contributed by atoms with Gasteiger partial charge in [0.25, 0.3) is 5.91 Å². The van der Waals surface area contributed by atoms with Crippen LogP contribution in [0.3, 0.4) is 0 Å². The Hall–Kier alpha value is -3.68. The van der Waals surface area contributed by atoms with Gasteiger partial charge in [0.2, 0.25) is 5.91 Å². The number of aromatic nitrogens is 3. The summed E-state index contributed by atoms with van der Waals surface area (Å²) in [6.07, 6.45) is 3.22. The van der Waals surface area contributed by atoms with Crippen molar-refractivity contribution in [2.75, 3.05) is 20.2 Å². The molecule has 0 bridgehead atoms. The smallest absolute Gasteiger partial charge is 0.271 e. The maximum absolute atomic E-state index is 13.0. The van der Waals surface area contributed by atoms with Crippen molar-refractivity contribution in [2.45, 2.75) is 19.4 Å². The fraction of sp³-hybridized carbons (Fsp3) is 0.304. The number of amides is 2. The van der Waals surface area contributed by atoms with Crippen LogP contribution in [0.5, 0.6) is 5.75 Å². The normalized spacial score (nSPS) is 16.0. The zero-order chi connectivity index (χ0) is 21.6. The average Bonchev–Trinajstić information content (AvgIpc) is 3.33. The van der Waals surface area contributed by atoms with Gasteiger partial charge in [-0.1, -0.05) is 24.3 Å². The number of H-pyrrole nitrogens is 1. The highest BCUT2D eigenvalue weighted by molar-refractivity contribution is 5.93. The molecular weight excluding hydrogens is 394 g/mol. The Bertz CT molecular complexity index is 1050. The number of para-hydroxylation sites is 1. The summed E-state index contributed by atoms with van der Waals surface area (Å²) in [5.41, 5.74) is 2.63. The van der Waals surface area contributed by atoms with E-state index in [1.165, 1.54) is 0 Å². The number of nitrogens with one attached hydrogen (secondary N) is 2. The molecule has 0 spiro atoms. The minimum absolute atomic E-state index is 0.0535. The number of ether oxygens (including phenoxy) is 1. The predicted octanol–water partition coefficient (Wildman–Crippen LogP) is 2.65. The van der Waals surface area contributed by atoms with Gasteiger partial charge in [0.15, 0.2) is 0 Å². The van der Waals surface area contributed by atoms with Gasteiger partial charge in [-0.3, -0.25) is 19.7 Å². The monoisotopic (exact) mass is 419 g/mol. The van der Waals surface area contributed by atoms with Crippen LogP contribution in [-0.2, 0) is 11.3 Å². The van der Waals surface area contributed by atoms with Crippen molar-refractivity contribution in [3.8, 4) is 17.1 Å². The second kappa shape index (κ2) is 9.42. The summed E-state index contributed by atoms with van der Waals surface area (Å²) in [7, 11) is 1.61. The third kappa shape index (κ3) is 4.74. The maximum atomic E-state index is 13.0. The number of carbonyl (C=O) groups is 2. The van der Waals surface area contributed by atoms with E-state index < -0.39 is 0 Å². The molecule has 1 atom stereocenters. The number of benzene rings is 1. The molecule has 2 N–H and O–H groups in total. The number of piperidine rings is 1. The molecule has 0 saturated carbocycles. The zero-order valence-electron chi connectivity index (χ0n) is 17.4. The van der Waals surface area contributed by atoms with Gasteiger partial charge in [-0.05, 0) is 37.1 Å². The average molecular weight is 419 g/mol. The highest BCUT2D eigenvalue weighted by Gasteiger charge is 2.29. The topological polar surface area (TPSA) is 100 Å². The summed E-state index contributed by atoms with van der Waals surface area (Å²) in [6, 6.07) is 14.8. The quantitative estimate of drug-likeness (QED) is 0.640. The number of hydrogen-bond donors (Lipinski definition) is 2. The number of carbonyl (C=O) groups excluding carboxylic acids is 2. The first kappa shape index (κ1) is 20.6. The molecule has 1 aliphatic rings. The minimum atomic E-state index is -0.245. The lowest BCUT2D eigenvalue weighted by atomic mass is 9.96. The first-order chi connectivity index (χ1) is 15.2. The molecule has 8 heteroatoms. The molecule has 1 fully saturated rings. The lowest BCUT2D eigenvalue weighted by molar-refractivity contribution is -0.126. The Labute approximate surface area is 180 Å². The molecule has 3 heterocycles. The summed E-state index contributed by atoms with van der Waals surface area (Å²) < 4.78 is 5.34. The Morgan fingerprint density at radius 1 is 1.19 bits per heavy atom. The third-order valence-corrected chi connectivity index (χ3v) is 5.46. The van der Waals surface area contributed by atoms with Gasteiger partial charge < -0.3 is 15.0 Å². The molecule has 8 nitrogen and oxygen atoms in total. The van der Waals surface area contributed by atoms with Crippen LogP contribution in [0, 0.1) is 5.92 Å². The van der Waals surface area contributed by atoms with E-state index in [0.29, 0.717) is 36.7 Å². The lowest BCUT2D eigenvalue weighted by Crippen LogP contribution is -2.45. The highest BCUT2D eigenvalue weighted by Crippen LogP contribution is 2.21. The lowest BCUT2D eigenvalue weighted by Gasteiger charge is -2.31. The molecule has 2 aromatic heterocycles. The number of hydrogen-bond acceptors (Lipinski definition) is 5. The van der Waals surface area contributed by atoms with Crippen molar-refractivity contribution in [3.05, 3.63) is 66.0 Å². The SMILES string of the molecule is COc1ccccc1CNC(=O)[C@@H]1CCCN(C(=O)c2cc(-c3ccccn3)n[nH]2)C1. The van der Waals surface area contributed by atoms with E-state index in [4.69, 9.17) is 4.74 Å². The molecule has 1 saturated heterocycles. The molecule has 0 radical (unpaired) electrons. The van der Waals surface area contributed by atoms with E-state index in [9.17, 15) is 9.59 Å². The molecule has 4 rings (SSSR count). The molecule has 0 unspecified atom stereocenters. The third-order valence-electron chi connectivity index (χ3n) is 5.46. The van der Waals surface area contributed by atoms with Crippen molar-refractivity contribution in [1.29, 1.82) is 0 Å². The number of rotatable bonds is 6. The fourth-order valence-corrected chi connectivity index (χ4v) is 3.80. The first-order valence-electron chi connectivity index (χ1n) is 10.3. The van der Waals surface area contributed by atoms with E-state index in [2.05, 4.69) is 20.5 Å². The minimum Gasteiger partial charge on any atom is -0.496 e. The van der Waals surface area contributed by atoms with Gasteiger partial charge in [0.1, 0.15) is 17.1 Å². The Kier molecular flexibility index (Phi) is 6.26. The number of methoxy groups -OCH3 is 1. The van der Waals surface area contributed by atoms with Gasteiger partial charge in [-0.15, -0.1) is 0 Å². The van der Waals surface area contributed by atoms with Gasteiger partial charge in [0.05, 0.1) is 18.7 Å². The first-order valence-corrected chi connectivity index (χ1v) is 10.3. The maximum Gasteiger partial charge on any atom is 0.271 e. The van der Waals surface area contributed by atoms with E-state index in [1.54, 1.807) is 24.3 Å². The molecule has 160 valence electrons. The van der Waals surface area contributed by atoms with Gasteiger partial charge in [-0.2, -0.15) is 5.10 Å². The molecule has 1 aromatic carbocycles. The van der Waals surface area contributed by atoms with Crippen LogP contribution >= 0.6 is 0 Å². The van der Waals surface area contributed by atoms with E-state index in [1.807, 2.05) is 42.5 Å². The van der Waals surface area contributed by atoms with E-state index in [0.717, 1.165) is 24.2 Å². The van der Waals surface area contributed by atoms with E-state index in [-0.39, 0.29) is 17.7 Å². The van der Waals surface area contributed by atoms with Crippen molar-refractivity contribution < 1.29 is 14.3 Å². The summed E-state index contributed by atoms with van der Waals surface area (Å²) in [5.74, 6) is 0.288. The zero-order valence-corrected chi connectivity index (χ0v) is 17.4. The van der Waals surface area contributed by atoms with Gasteiger partial charge in [-0.25, -0.2) is 0 Å². The van der Waals surface area contributed by atoms with E-state index >= 15 is 0 Å². The molecule has 3 aromatic rings. The Morgan fingerprint density at radius 2 is 2.03 bits per heavy atom. The standard InChI is InChI=1S/C23H25N5O3/c1-31-21-10-3-2-7-16(21)14-25-22(29)17-8-6-12-28(15-17)23(30)20-13-19(26-27-20)18-9-4-5-11-24-18/h2-5,7,9-11,13,17H,6,8,12,14-15H2,1H3,(H,25,29)(H,26,27)/t17-/m1/s1. The fourth-order valence-electron chi connectivity index (χ4n) is 3.80. The van der Waals surface area contributed by atoms with Crippen LogP contribution in [0.15, 0.2) is 54.7 Å². The van der Waals surface area contributed by atoms with Crippen LogP contribution in [0.4, 0.5) is 0 Å². The number of pyridine rings is 1. The highest BCUT2D eigenvalue weighted by atomic mass is 16.5. The predicted molar refractivity (Wildman–Crippen MR) is 115 cm³/mol. The summed E-state index contributed by atoms with van der Waals surface area (Å²) in [5, 5.41) is 10.0. The second-order valence-electron chi connectivity index (χ2n) is 7.50. The molecule has 2 amide bonds. The van der Waals surface area contributed by atoms with Crippen LogP contribution in [0.2, 0.25) is 0 Å².